The van der Waals surface area contributed by atoms with Gasteiger partial charge >= 0.3 is 23.9 Å². The van der Waals surface area contributed by atoms with Crippen molar-refractivity contribution < 1.29 is 39.5 Å². The summed E-state index contributed by atoms with van der Waals surface area (Å²) in [5.41, 5.74) is -7.33. The number of aromatic nitrogens is 1. The van der Waals surface area contributed by atoms with Gasteiger partial charge in [-0.1, -0.05) is 25.2 Å². The highest BCUT2D eigenvalue weighted by Crippen LogP contribution is 2.58. The number of nitrogens with zero attached hydrogens (tertiary/aromatic N) is 2. The lowest BCUT2D eigenvalue weighted by Crippen LogP contribution is -2.59. The van der Waals surface area contributed by atoms with Crippen molar-refractivity contribution in [2.24, 2.45) is 0 Å². The van der Waals surface area contributed by atoms with Crippen LogP contribution in [0.5, 0.6) is 0 Å². The highest BCUT2D eigenvalue weighted by Gasteiger charge is 2.81. The third-order valence-electron chi connectivity index (χ3n) is 5.36. The van der Waals surface area contributed by atoms with Crippen LogP contribution in [-0.2, 0) is 12.1 Å². The Bertz CT molecular complexity index is 1370. The van der Waals surface area contributed by atoms with Crippen LogP contribution in [0.3, 0.4) is 0 Å². The van der Waals surface area contributed by atoms with E-state index >= 15 is 0 Å². The van der Waals surface area contributed by atoms with Crippen LogP contribution in [0.1, 0.15) is 34.2 Å². The van der Waals surface area contributed by atoms with Gasteiger partial charge in [-0.05, 0) is 48.7 Å². The lowest BCUT2D eigenvalue weighted by Gasteiger charge is -2.36. The first-order valence-electron chi connectivity index (χ1n) is 9.94. The molecule has 2 aromatic carbocycles. The second-order valence-electron chi connectivity index (χ2n) is 7.68. The molecule has 0 aliphatic heterocycles. The molecule has 0 bridgehead atoms. The van der Waals surface area contributed by atoms with Gasteiger partial charge in [0.25, 0.3) is 0 Å². The van der Waals surface area contributed by atoms with Gasteiger partial charge < -0.3 is 5.32 Å². The highest BCUT2D eigenvalue weighted by molar-refractivity contribution is 7.81. The number of anilines is 1. The number of aryl methyl sites for hydroxylation is 2. The number of nitrogens with one attached hydrogen (secondary N) is 1. The van der Waals surface area contributed by atoms with Crippen molar-refractivity contribution in [1.82, 2.24) is 4.98 Å². The molecule has 14 heteroatoms. The second kappa shape index (κ2) is 9.19. The number of nitriles is 1. The van der Waals surface area contributed by atoms with E-state index in [1.54, 1.807) is 18.2 Å². The van der Waals surface area contributed by atoms with Gasteiger partial charge in [0.1, 0.15) is 11.1 Å². The van der Waals surface area contributed by atoms with Crippen LogP contribution in [0.4, 0.5) is 45.2 Å². The van der Waals surface area contributed by atoms with E-state index in [4.69, 9.17) is 17.5 Å². The largest absolute Gasteiger partial charge is 0.457 e. The summed E-state index contributed by atoms with van der Waals surface area (Å²) < 4.78 is 122. The van der Waals surface area contributed by atoms with E-state index in [2.05, 4.69) is 10.3 Å². The van der Waals surface area contributed by atoms with E-state index in [-0.39, 0.29) is 33.2 Å². The van der Waals surface area contributed by atoms with Crippen molar-refractivity contribution in [3.63, 3.8) is 0 Å². The van der Waals surface area contributed by atoms with Crippen LogP contribution in [0.15, 0.2) is 30.3 Å². The Morgan fingerprint density at radius 3 is 2.19 bits per heavy atom. The van der Waals surface area contributed by atoms with Crippen LogP contribution >= 0.6 is 23.6 Å². The minimum atomic E-state index is -6.81. The number of hydrogen-bond acceptors (Lipinski definition) is 4. The van der Waals surface area contributed by atoms with Crippen LogP contribution in [0, 0.1) is 18.3 Å². The van der Waals surface area contributed by atoms with E-state index < -0.39 is 29.5 Å². The molecule has 3 nitrogen and oxygen atoms in total. The molecular weight excluding hydrogens is 541 g/mol. The summed E-state index contributed by atoms with van der Waals surface area (Å²) in [6, 6.07) is 7.25. The molecule has 0 spiro atoms. The fraction of sp³-hybridized carbons (Fsp3) is 0.318. The number of halogens is 9. The molecule has 0 amide bonds. The Kier molecular flexibility index (Phi) is 7.06. The number of thiazole rings is 1. The number of hydrogen-bond donors (Lipinski definition) is 1. The van der Waals surface area contributed by atoms with Crippen LogP contribution in [0.2, 0.25) is 0 Å². The number of alkyl halides is 9. The maximum Gasteiger partial charge on any atom is 0.457 e. The fourth-order valence-corrected chi connectivity index (χ4v) is 4.57. The molecule has 0 fully saturated rings. The molecule has 1 unspecified atom stereocenters. The first-order chi connectivity index (χ1) is 16.5. The molecule has 0 radical (unpaired) electrons. The van der Waals surface area contributed by atoms with Crippen molar-refractivity contribution >= 4 is 44.4 Å². The predicted octanol–water partition coefficient (Wildman–Crippen LogP) is 7.75. The fourth-order valence-electron chi connectivity index (χ4n) is 3.53. The van der Waals surface area contributed by atoms with Crippen LogP contribution in [-0.4, -0.2) is 28.2 Å². The lowest BCUT2D eigenvalue weighted by molar-refractivity contribution is -0.389. The predicted molar refractivity (Wildman–Crippen MR) is 120 cm³/mol. The molecular formula is C22H14F9N3S2. The van der Waals surface area contributed by atoms with E-state index in [1.807, 2.05) is 6.07 Å². The summed E-state index contributed by atoms with van der Waals surface area (Å²) in [4.78, 5) is 4.11. The molecule has 1 heterocycles. The normalized spacial score (nSPS) is 14.4. The first-order valence-corrected chi connectivity index (χ1v) is 11.2. The second-order valence-corrected chi connectivity index (χ2v) is 9.12. The number of rotatable bonds is 5. The van der Waals surface area contributed by atoms with Gasteiger partial charge in [0, 0.05) is 16.8 Å². The minimum Gasteiger partial charge on any atom is -0.346 e. The molecule has 0 aliphatic rings. The van der Waals surface area contributed by atoms with Crippen molar-refractivity contribution in [2.45, 2.75) is 44.2 Å². The molecule has 0 saturated carbocycles. The molecule has 3 rings (SSSR count). The number of fused-ring (bicyclic) bond motifs is 1. The smallest absolute Gasteiger partial charge is 0.346 e. The summed E-state index contributed by atoms with van der Waals surface area (Å²) in [5.74, 6) is -6.76. The molecule has 0 aliphatic carbocycles. The van der Waals surface area contributed by atoms with E-state index in [0.29, 0.717) is 27.9 Å². The molecule has 192 valence electrons. The standard InChI is InChI=1S/C22H14F9N3S2/c1-3-11-7-13(19(23,21(26,27)28)20(24,25)22(29,30)31)6-10(2)17(11)34-18(35)12-4-5-14-15(8-12)36-16(9-32)33-14/h4-8H,3H2,1-2H3,(H,34,35). The van der Waals surface area contributed by atoms with Gasteiger partial charge in [0.2, 0.25) is 0 Å². The first kappa shape index (κ1) is 27.7. The summed E-state index contributed by atoms with van der Waals surface area (Å²) in [6.07, 6.45) is -13.5. The maximum absolute atomic E-state index is 15.0. The third-order valence-corrected chi connectivity index (χ3v) is 6.62. The zero-order valence-electron chi connectivity index (χ0n) is 18.2. The Hall–Kier alpha value is -2.92. The minimum absolute atomic E-state index is 0.0354. The van der Waals surface area contributed by atoms with Gasteiger partial charge in [0.15, 0.2) is 5.01 Å². The third kappa shape index (κ3) is 4.50. The maximum atomic E-state index is 15.0. The SMILES string of the molecule is CCc1cc(C(F)(C(F)(F)F)C(F)(F)C(F)(F)F)cc(C)c1NC(=S)c1ccc2nc(C#N)sc2c1. The molecule has 1 N–H and O–H groups in total. The van der Waals surface area contributed by atoms with Gasteiger partial charge in [-0.3, -0.25) is 0 Å². The zero-order valence-corrected chi connectivity index (χ0v) is 19.8. The molecule has 1 atom stereocenters. The molecule has 1 aromatic heterocycles. The Morgan fingerprint density at radius 1 is 1.03 bits per heavy atom. The quantitative estimate of drug-likeness (QED) is 0.258. The van der Waals surface area contributed by atoms with E-state index in [9.17, 15) is 39.5 Å². The Balaban J connectivity index is 2.08. The highest BCUT2D eigenvalue weighted by atomic mass is 32.1. The van der Waals surface area contributed by atoms with E-state index in [0.717, 1.165) is 18.3 Å². The number of thiocarbonyl (C=S) groups is 1. The lowest BCUT2D eigenvalue weighted by atomic mass is 9.85. The number of benzene rings is 2. The monoisotopic (exact) mass is 555 g/mol. The molecule has 36 heavy (non-hydrogen) atoms. The summed E-state index contributed by atoms with van der Waals surface area (Å²) in [5, 5.41) is 11.9. The Morgan fingerprint density at radius 2 is 1.67 bits per heavy atom. The van der Waals surface area contributed by atoms with Gasteiger partial charge in [-0.25, -0.2) is 9.37 Å². The van der Waals surface area contributed by atoms with Crippen molar-refractivity contribution in [3.05, 3.63) is 57.6 Å². The Labute approximate surface area is 207 Å². The van der Waals surface area contributed by atoms with Crippen LogP contribution < -0.4 is 5.32 Å². The molecule has 0 saturated heterocycles. The molecule has 3 aromatic rings. The summed E-state index contributed by atoms with van der Waals surface area (Å²) >= 11 is 6.41. The van der Waals surface area contributed by atoms with Crippen molar-refractivity contribution in [1.29, 1.82) is 5.26 Å². The van der Waals surface area contributed by atoms with Gasteiger partial charge in [-0.2, -0.15) is 40.4 Å². The van der Waals surface area contributed by atoms with E-state index in [1.165, 1.54) is 6.92 Å². The van der Waals surface area contributed by atoms with Gasteiger partial charge in [-0.15, -0.1) is 11.3 Å². The van der Waals surface area contributed by atoms with Crippen LogP contribution in [0.25, 0.3) is 10.2 Å². The summed E-state index contributed by atoms with van der Waals surface area (Å²) in [6.45, 7) is 2.52. The average molecular weight is 555 g/mol. The van der Waals surface area contributed by atoms with Crippen molar-refractivity contribution in [3.8, 4) is 6.07 Å². The topological polar surface area (TPSA) is 48.7 Å². The van der Waals surface area contributed by atoms with Gasteiger partial charge in [0.05, 0.1) is 10.2 Å². The summed E-state index contributed by atoms with van der Waals surface area (Å²) in [7, 11) is 0. The average Bonchev–Trinajstić information content (AvgIpc) is 3.20. The van der Waals surface area contributed by atoms with Crippen molar-refractivity contribution in [2.75, 3.05) is 5.32 Å². The zero-order chi connectivity index (χ0) is 27.3.